The van der Waals surface area contributed by atoms with Crippen LogP contribution in [0.1, 0.15) is 47.9 Å². The lowest BCUT2D eigenvalue weighted by Crippen LogP contribution is -2.45. The van der Waals surface area contributed by atoms with Gasteiger partial charge in [-0.2, -0.15) is 4.67 Å². The molecule has 7 rings (SSSR count). The van der Waals surface area contributed by atoms with Crippen molar-refractivity contribution in [2.45, 2.75) is 51.4 Å². The molecule has 5 heteroatoms. The van der Waals surface area contributed by atoms with Crippen LogP contribution in [0.5, 0.6) is 0 Å². The molecule has 3 aromatic carbocycles. The summed E-state index contributed by atoms with van der Waals surface area (Å²) in [6, 6.07) is 19.9. The van der Waals surface area contributed by atoms with E-state index in [-0.39, 0.29) is 0 Å². The van der Waals surface area contributed by atoms with Gasteiger partial charge in [0.25, 0.3) is 0 Å². The Morgan fingerprint density at radius 2 is 1.11 bits per heavy atom. The van der Waals surface area contributed by atoms with Crippen molar-refractivity contribution in [3.05, 3.63) is 76.9 Å². The first kappa shape index (κ1) is 21.6. The molecule has 0 N–H and O–H groups in total. The van der Waals surface area contributed by atoms with Crippen LogP contribution in [-0.4, -0.2) is 26.2 Å². The molecule has 3 aliphatic rings. The van der Waals surface area contributed by atoms with Crippen molar-refractivity contribution in [1.82, 2.24) is 0 Å². The molecule has 0 spiro atoms. The quantitative estimate of drug-likeness (QED) is 0.295. The fourth-order valence-electron chi connectivity index (χ4n) is 6.37. The van der Waals surface area contributed by atoms with Gasteiger partial charge in [-0.15, -0.1) is 0 Å². The summed E-state index contributed by atoms with van der Waals surface area (Å²) in [7, 11) is -1.20. The lowest BCUT2D eigenvalue weighted by atomic mass is 9.84. The van der Waals surface area contributed by atoms with Crippen molar-refractivity contribution in [2.75, 3.05) is 35.7 Å². The van der Waals surface area contributed by atoms with Crippen LogP contribution in [0.25, 0.3) is 21.9 Å². The van der Waals surface area contributed by atoms with Crippen LogP contribution in [0.4, 0.5) is 5.69 Å². The molecule has 0 atom stereocenters. The van der Waals surface area contributed by atoms with Gasteiger partial charge in [0.15, 0.2) is 0 Å². The maximum absolute atomic E-state index is 6.83. The summed E-state index contributed by atoms with van der Waals surface area (Å²) in [6.45, 7) is 3.87. The van der Waals surface area contributed by atoms with Crippen LogP contribution in [0.2, 0.25) is 0 Å². The number of anilines is 1. The number of fused-ring (bicyclic) bond motifs is 7. The Labute approximate surface area is 208 Å². The number of para-hydroxylation sites is 1. The smallest absolute Gasteiger partial charge is 0.309 e. The number of hydrogen-bond donors (Lipinski definition) is 0. The first-order valence-corrected chi connectivity index (χ1v) is 14.5. The first-order chi connectivity index (χ1) is 17.3. The molecule has 0 radical (unpaired) electrons. The minimum atomic E-state index is -1.20. The van der Waals surface area contributed by atoms with Gasteiger partial charge in [0.1, 0.15) is 11.2 Å². The fraction of sp³-hybridized carbons (Fsp3) is 0.400. The zero-order valence-corrected chi connectivity index (χ0v) is 21.2. The molecule has 180 valence electrons. The van der Waals surface area contributed by atoms with Gasteiger partial charge in [-0.25, -0.2) is 0 Å². The fourth-order valence-corrected chi connectivity index (χ4v) is 7.79. The van der Waals surface area contributed by atoms with Gasteiger partial charge in [0.05, 0.1) is 0 Å². The van der Waals surface area contributed by atoms with E-state index < -0.39 is 8.16 Å². The zero-order valence-electron chi connectivity index (χ0n) is 20.3. The summed E-state index contributed by atoms with van der Waals surface area (Å²) in [5.41, 5.74) is 9.45. The molecule has 2 heterocycles. The number of piperazine rings is 1. The molecule has 1 saturated heterocycles. The van der Waals surface area contributed by atoms with Crippen LogP contribution in [0, 0.1) is 0 Å². The van der Waals surface area contributed by atoms with Gasteiger partial charge in [-0.05, 0) is 97.9 Å². The third kappa shape index (κ3) is 3.88. The second kappa shape index (κ2) is 9.08. The highest BCUT2D eigenvalue weighted by atomic mass is 31.1. The van der Waals surface area contributed by atoms with Crippen molar-refractivity contribution in [3.63, 3.8) is 0 Å². The van der Waals surface area contributed by atoms with E-state index >= 15 is 0 Å². The summed E-state index contributed by atoms with van der Waals surface area (Å²) in [5.74, 6) is 0. The summed E-state index contributed by atoms with van der Waals surface area (Å²) in [4.78, 5) is 2.47. The largest absolute Gasteiger partial charge is 0.408 e. The Morgan fingerprint density at radius 1 is 0.571 bits per heavy atom. The second-order valence-corrected chi connectivity index (χ2v) is 11.7. The summed E-state index contributed by atoms with van der Waals surface area (Å²) < 4.78 is 16.1. The van der Waals surface area contributed by atoms with Crippen LogP contribution in [-0.2, 0) is 25.7 Å². The maximum Gasteiger partial charge on any atom is 0.309 e. The van der Waals surface area contributed by atoms with E-state index in [2.05, 4.69) is 64.2 Å². The standard InChI is InChI=1S/C30H33N2O2P/c1-2-10-24(11-3-1)31-18-20-32(21-19-31)35-33-27-16-14-22-8-4-6-12-25(22)29(27)30-26-13-7-5-9-23(26)15-17-28(30)34-35/h1-3,10-11,14-17H,4-9,12-13,18-21H2. The van der Waals surface area contributed by atoms with Crippen molar-refractivity contribution >= 4 is 35.8 Å². The summed E-state index contributed by atoms with van der Waals surface area (Å²) >= 11 is 0. The van der Waals surface area contributed by atoms with Crippen LogP contribution in [0.15, 0.2) is 63.0 Å². The monoisotopic (exact) mass is 484 g/mol. The Morgan fingerprint density at radius 3 is 1.69 bits per heavy atom. The van der Waals surface area contributed by atoms with Crippen molar-refractivity contribution in [2.24, 2.45) is 0 Å². The number of nitrogens with zero attached hydrogens (tertiary/aromatic N) is 2. The normalized spacial score (nSPS) is 18.5. The van der Waals surface area contributed by atoms with E-state index in [9.17, 15) is 0 Å². The van der Waals surface area contributed by atoms with Gasteiger partial charge in [0.2, 0.25) is 0 Å². The number of hydrogen-bond acceptors (Lipinski definition) is 4. The third-order valence-corrected chi connectivity index (χ3v) is 9.77. The molecular weight excluding hydrogens is 451 g/mol. The Bertz CT molecular complexity index is 1340. The number of rotatable bonds is 2. The van der Waals surface area contributed by atoms with E-state index in [0.29, 0.717) is 0 Å². The highest BCUT2D eigenvalue weighted by molar-refractivity contribution is 7.39. The summed E-state index contributed by atoms with van der Waals surface area (Å²) in [6.07, 6.45) is 9.80. The van der Waals surface area contributed by atoms with E-state index in [1.54, 1.807) is 0 Å². The van der Waals surface area contributed by atoms with E-state index in [1.165, 1.54) is 77.2 Å². The molecule has 35 heavy (non-hydrogen) atoms. The summed E-state index contributed by atoms with van der Waals surface area (Å²) in [5, 5.41) is 2.70. The molecule has 0 bridgehead atoms. The predicted octanol–water partition coefficient (Wildman–Crippen LogP) is 7.51. The van der Waals surface area contributed by atoms with Gasteiger partial charge >= 0.3 is 8.16 Å². The van der Waals surface area contributed by atoms with Crippen molar-refractivity contribution < 1.29 is 8.39 Å². The zero-order chi connectivity index (χ0) is 23.2. The van der Waals surface area contributed by atoms with Crippen LogP contribution >= 0.6 is 8.16 Å². The first-order valence-electron chi connectivity index (χ1n) is 13.4. The molecule has 1 aromatic heterocycles. The van der Waals surface area contributed by atoms with Crippen LogP contribution < -0.4 is 9.57 Å². The minimum Gasteiger partial charge on any atom is -0.408 e. The Balaban J connectivity index is 1.38. The lowest BCUT2D eigenvalue weighted by Gasteiger charge is -2.34. The second-order valence-electron chi connectivity index (χ2n) is 10.3. The van der Waals surface area contributed by atoms with Gasteiger partial charge in [-0.3, -0.25) is 0 Å². The predicted molar refractivity (Wildman–Crippen MR) is 146 cm³/mol. The highest BCUT2D eigenvalue weighted by Crippen LogP contribution is 2.43. The lowest BCUT2D eigenvalue weighted by molar-refractivity contribution is 0.596. The van der Waals surface area contributed by atoms with Gasteiger partial charge < -0.3 is 13.3 Å². The molecule has 0 amide bonds. The van der Waals surface area contributed by atoms with Gasteiger partial charge in [0, 0.05) is 42.6 Å². The molecule has 0 saturated carbocycles. The number of benzene rings is 3. The minimum absolute atomic E-state index is 0.946. The molecule has 4 nitrogen and oxygen atoms in total. The van der Waals surface area contributed by atoms with Crippen molar-refractivity contribution in [1.29, 1.82) is 0 Å². The molecule has 4 aromatic rings. The molecule has 1 fully saturated rings. The molecule has 1 aliphatic heterocycles. The molecule has 0 unspecified atom stereocenters. The topological polar surface area (TPSA) is 32.8 Å². The maximum atomic E-state index is 6.83. The van der Waals surface area contributed by atoms with Gasteiger partial charge in [-0.1, -0.05) is 30.3 Å². The SMILES string of the molecule is c1ccc(N2CCN(p3oc4ccc5c(c4c4c6c(ccc4o3)CCCC6)CCCC5)CC2)cc1. The van der Waals surface area contributed by atoms with Crippen LogP contribution in [0.3, 0.4) is 0 Å². The third-order valence-electron chi connectivity index (χ3n) is 8.20. The van der Waals surface area contributed by atoms with E-state index in [4.69, 9.17) is 8.39 Å². The highest BCUT2D eigenvalue weighted by Gasteiger charge is 2.25. The Hall–Kier alpha value is -2.68. The van der Waals surface area contributed by atoms with Crippen molar-refractivity contribution in [3.8, 4) is 0 Å². The molecular formula is C30H33N2O2P. The average Bonchev–Trinajstić information content (AvgIpc) is 3.11. The average molecular weight is 485 g/mol. The Kier molecular flexibility index (Phi) is 5.60. The number of aryl methyl sites for hydroxylation is 4. The van der Waals surface area contributed by atoms with E-state index in [0.717, 1.165) is 50.2 Å². The molecule has 2 aliphatic carbocycles. The van der Waals surface area contributed by atoms with E-state index in [1.807, 2.05) is 0 Å².